The molecule has 9 heteroatoms. The molecule has 0 aromatic carbocycles. The average Bonchev–Trinajstić information content (AvgIpc) is 3.55. The summed E-state index contributed by atoms with van der Waals surface area (Å²) in [5, 5.41) is 17.3. The molecule has 3 aromatic heterocycles. The maximum absolute atomic E-state index is 15.5. The molecule has 4 saturated carbocycles. The van der Waals surface area contributed by atoms with Gasteiger partial charge in [0.1, 0.15) is 11.5 Å². The van der Waals surface area contributed by atoms with Gasteiger partial charge in [0, 0.05) is 5.92 Å². The van der Waals surface area contributed by atoms with Crippen LogP contribution >= 0.6 is 0 Å². The van der Waals surface area contributed by atoms with Crippen molar-refractivity contribution in [2.45, 2.75) is 50.9 Å². The molecule has 2 bridgehead atoms. The van der Waals surface area contributed by atoms with E-state index in [9.17, 15) is 14.3 Å². The second-order valence-electron chi connectivity index (χ2n) is 9.50. The molecule has 4 fully saturated rings. The third-order valence-corrected chi connectivity index (χ3v) is 7.61. The maximum atomic E-state index is 15.5. The van der Waals surface area contributed by atoms with Crippen molar-refractivity contribution in [3.8, 4) is 11.5 Å². The predicted molar refractivity (Wildman–Crippen MR) is 111 cm³/mol. The van der Waals surface area contributed by atoms with Crippen molar-refractivity contribution in [2.24, 2.45) is 23.7 Å². The fourth-order valence-corrected chi connectivity index (χ4v) is 5.91. The quantitative estimate of drug-likeness (QED) is 0.616. The Morgan fingerprint density at radius 2 is 1.84 bits per heavy atom. The molecule has 4 aliphatic rings. The summed E-state index contributed by atoms with van der Waals surface area (Å²) in [6.45, 7) is 0. The molecule has 3 aromatic rings. The van der Waals surface area contributed by atoms with Crippen LogP contribution in [0, 0.1) is 35.3 Å². The summed E-state index contributed by atoms with van der Waals surface area (Å²) >= 11 is 0. The highest BCUT2D eigenvalue weighted by atomic mass is 19.1. The summed E-state index contributed by atoms with van der Waals surface area (Å²) in [5.41, 5.74) is 1.35. The van der Waals surface area contributed by atoms with Gasteiger partial charge in [-0.05, 0) is 68.8 Å². The minimum Gasteiger partial charge on any atom is -0.481 e. The van der Waals surface area contributed by atoms with Crippen LogP contribution in [0.25, 0.3) is 22.6 Å². The van der Waals surface area contributed by atoms with Crippen LogP contribution < -0.4 is 0 Å². The molecule has 2 N–H and O–H groups in total. The largest absolute Gasteiger partial charge is 0.481 e. The summed E-state index contributed by atoms with van der Waals surface area (Å²) in [6.07, 6.45) is 6.93. The van der Waals surface area contributed by atoms with Crippen LogP contribution in [0.5, 0.6) is 0 Å². The van der Waals surface area contributed by atoms with E-state index in [4.69, 9.17) is 0 Å². The highest BCUT2D eigenvalue weighted by Gasteiger charge is 2.47. The fraction of sp³-hybridized carbons (Fsp3) is 0.522. The molecular weight excluding hydrogens is 416 g/mol. The van der Waals surface area contributed by atoms with Gasteiger partial charge in [-0.15, -0.1) is 0 Å². The third kappa shape index (κ3) is 3.17. The van der Waals surface area contributed by atoms with Gasteiger partial charge in [0.2, 0.25) is 0 Å². The van der Waals surface area contributed by atoms with Gasteiger partial charge >= 0.3 is 5.97 Å². The van der Waals surface area contributed by atoms with E-state index in [1.54, 1.807) is 0 Å². The predicted octanol–water partition coefficient (Wildman–Crippen LogP) is 4.25. The second-order valence-corrected chi connectivity index (χ2v) is 9.50. The van der Waals surface area contributed by atoms with Crippen LogP contribution in [0.2, 0.25) is 0 Å². The maximum Gasteiger partial charge on any atom is 0.307 e. The number of H-pyrrole nitrogens is 1. The number of carbonyl (C=O) groups is 1. The third-order valence-electron chi connectivity index (χ3n) is 7.61. The normalized spacial score (nSPS) is 27.2. The number of carboxylic acids is 1. The Hall–Kier alpha value is -2.97. The molecule has 0 saturated heterocycles. The molecule has 0 amide bonds. The van der Waals surface area contributed by atoms with Crippen LogP contribution in [0.1, 0.15) is 55.8 Å². The molecule has 2 unspecified atom stereocenters. The summed E-state index contributed by atoms with van der Waals surface area (Å²) in [4.78, 5) is 25.1. The van der Waals surface area contributed by atoms with Gasteiger partial charge in [0.05, 0.1) is 28.9 Å². The molecule has 3 heterocycles. The second kappa shape index (κ2) is 7.28. The zero-order valence-corrected chi connectivity index (χ0v) is 17.4. The number of rotatable bonds is 5. The molecule has 0 radical (unpaired) electrons. The number of aromatic nitrogens is 5. The van der Waals surface area contributed by atoms with Gasteiger partial charge in [0.15, 0.2) is 17.3 Å². The van der Waals surface area contributed by atoms with E-state index in [2.05, 4.69) is 25.1 Å². The molecule has 4 aliphatic carbocycles. The Morgan fingerprint density at radius 1 is 1.09 bits per heavy atom. The van der Waals surface area contributed by atoms with E-state index < -0.39 is 23.5 Å². The molecule has 0 aliphatic heterocycles. The highest BCUT2D eigenvalue weighted by molar-refractivity contribution is 5.88. The number of aliphatic carboxylic acids is 1. The summed E-state index contributed by atoms with van der Waals surface area (Å²) < 4.78 is 29.3. The average molecular weight is 439 g/mol. The molecule has 0 spiro atoms. The topological polar surface area (TPSA) is 105 Å². The van der Waals surface area contributed by atoms with Gasteiger partial charge < -0.3 is 5.11 Å². The first-order valence-electron chi connectivity index (χ1n) is 11.3. The van der Waals surface area contributed by atoms with Crippen LogP contribution in [0.15, 0.2) is 12.3 Å². The lowest BCUT2D eigenvalue weighted by atomic mass is 9.57. The van der Waals surface area contributed by atoms with E-state index in [1.165, 1.54) is 6.07 Å². The number of aromatic amines is 1. The number of carboxylic acid groups (broad SMARTS) is 1. The van der Waals surface area contributed by atoms with E-state index in [0.29, 0.717) is 22.4 Å². The molecule has 166 valence electrons. The van der Waals surface area contributed by atoms with Crippen molar-refractivity contribution in [3.05, 3.63) is 35.3 Å². The van der Waals surface area contributed by atoms with Gasteiger partial charge in [0.25, 0.3) is 0 Å². The van der Waals surface area contributed by atoms with Crippen LogP contribution in [0.3, 0.4) is 0 Å². The van der Waals surface area contributed by atoms with Crippen molar-refractivity contribution in [1.29, 1.82) is 0 Å². The van der Waals surface area contributed by atoms with Gasteiger partial charge in [-0.2, -0.15) is 5.10 Å². The monoisotopic (exact) mass is 439 g/mol. The Labute approximate surface area is 182 Å². The first-order valence-corrected chi connectivity index (χ1v) is 11.3. The lowest BCUT2D eigenvalue weighted by molar-refractivity contribution is -0.152. The smallest absolute Gasteiger partial charge is 0.307 e. The molecular formula is C23H23F2N5O2. The lowest BCUT2D eigenvalue weighted by Crippen LogP contribution is -2.45. The molecule has 2 atom stereocenters. The number of halogens is 2. The van der Waals surface area contributed by atoms with Gasteiger partial charge in [-0.25, -0.2) is 23.7 Å². The number of nitrogens with one attached hydrogen (secondary N) is 1. The molecule has 7 nitrogen and oxygen atoms in total. The van der Waals surface area contributed by atoms with Gasteiger partial charge in [-0.1, -0.05) is 0 Å². The number of nitrogens with zero attached hydrogens (tertiary/aromatic N) is 4. The van der Waals surface area contributed by atoms with Crippen LogP contribution in [-0.4, -0.2) is 36.2 Å². The first kappa shape index (κ1) is 19.7. The van der Waals surface area contributed by atoms with Crippen molar-refractivity contribution in [1.82, 2.24) is 25.1 Å². The zero-order chi connectivity index (χ0) is 22.0. The molecule has 32 heavy (non-hydrogen) atoms. The molecule has 7 rings (SSSR count). The first-order chi connectivity index (χ1) is 15.5. The summed E-state index contributed by atoms with van der Waals surface area (Å²) in [7, 11) is 0. The number of hydrogen-bond donors (Lipinski definition) is 2. The standard InChI is InChI=1S/C23H23F2N5O2/c24-13-7-15-20(29-30-21(15)26-9-13)22-27-16(18(25)19(28-22)12-5-6-12)8-14-10-1-3-11(4-2-10)17(14)23(31)32/h7,9-12,14,17H,1-6,8H2,(H,31,32)(H,26,29,30). The summed E-state index contributed by atoms with van der Waals surface area (Å²) in [6, 6.07) is 1.31. The van der Waals surface area contributed by atoms with Crippen molar-refractivity contribution < 1.29 is 18.7 Å². The Kier molecular flexibility index (Phi) is 4.48. The SMILES string of the molecule is O=C(O)C1C2CCC(CC2)C1Cc1nc(-c2[nH]nc3ncc(F)cc23)nc(C2CC2)c1F. The fourth-order valence-electron chi connectivity index (χ4n) is 5.91. The van der Waals surface area contributed by atoms with E-state index in [-0.39, 0.29) is 41.6 Å². The van der Waals surface area contributed by atoms with Crippen LogP contribution in [-0.2, 0) is 11.2 Å². The minimum absolute atomic E-state index is 0.0395. The summed E-state index contributed by atoms with van der Waals surface area (Å²) in [5.74, 6) is -1.60. The van der Waals surface area contributed by atoms with Crippen LogP contribution in [0.4, 0.5) is 8.78 Å². The van der Waals surface area contributed by atoms with E-state index in [1.807, 2.05) is 0 Å². The van der Waals surface area contributed by atoms with Gasteiger partial charge in [-0.3, -0.25) is 9.89 Å². The number of pyridine rings is 1. The Balaban J connectivity index is 1.44. The Bertz CT molecular complexity index is 1220. The van der Waals surface area contributed by atoms with Crippen molar-refractivity contribution in [3.63, 3.8) is 0 Å². The van der Waals surface area contributed by atoms with E-state index in [0.717, 1.165) is 44.7 Å². The van der Waals surface area contributed by atoms with E-state index >= 15 is 4.39 Å². The highest BCUT2D eigenvalue weighted by Crippen LogP contribution is 2.50. The lowest BCUT2D eigenvalue weighted by Gasteiger charge is -2.46. The zero-order valence-electron chi connectivity index (χ0n) is 17.4. The van der Waals surface area contributed by atoms with Crippen molar-refractivity contribution >= 4 is 17.0 Å². The van der Waals surface area contributed by atoms with Crippen molar-refractivity contribution in [2.75, 3.05) is 0 Å². The minimum atomic E-state index is -0.789. The number of hydrogen-bond acceptors (Lipinski definition) is 5. The number of fused-ring (bicyclic) bond motifs is 4. The Morgan fingerprint density at radius 3 is 2.56 bits per heavy atom.